The van der Waals surface area contributed by atoms with E-state index in [2.05, 4.69) is 11.9 Å². The Bertz CT molecular complexity index is 998. The quantitative estimate of drug-likeness (QED) is 0.661. The Balaban J connectivity index is 1.75. The molecule has 0 aliphatic rings. The molecule has 0 spiro atoms. The summed E-state index contributed by atoms with van der Waals surface area (Å²) >= 11 is 1.72. The fraction of sp³-hybridized carbons (Fsp3) is 0.300. The van der Waals surface area contributed by atoms with E-state index in [0.29, 0.717) is 11.4 Å². The van der Waals surface area contributed by atoms with Crippen molar-refractivity contribution in [2.24, 2.45) is 0 Å². The number of hydrogen-bond acceptors (Lipinski definition) is 5. The molecule has 2 heterocycles. The average molecular weight is 370 g/mol. The number of benzene rings is 1. The molecule has 26 heavy (non-hydrogen) atoms. The van der Waals surface area contributed by atoms with Crippen molar-refractivity contribution in [1.29, 1.82) is 0 Å². The molecule has 0 radical (unpaired) electrons. The van der Waals surface area contributed by atoms with E-state index < -0.39 is 0 Å². The molecule has 0 amide bonds. The first-order valence-electron chi connectivity index (χ1n) is 8.30. The van der Waals surface area contributed by atoms with Crippen molar-refractivity contribution in [3.05, 3.63) is 69.3 Å². The molecule has 5 nitrogen and oxygen atoms in total. The third kappa shape index (κ3) is 3.85. The molecule has 0 atom stereocenters. The van der Waals surface area contributed by atoms with Crippen LogP contribution in [0.5, 0.6) is 11.5 Å². The fourth-order valence-corrected chi connectivity index (χ4v) is 3.77. The van der Waals surface area contributed by atoms with Crippen LogP contribution in [0.15, 0.2) is 41.3 Å². The Labute approximate surface area is 157 Å². The van der Waals surface area contributed by atoms with Crippen LogP contribution in [0.3, 0.4) is 0 Å². The van der Waals surface area contributed by atoms with Crippen LogP contribution in [-0.2, 0) is 11.5 Å². The second-order valence-electron chi connectivity index (χ2n) is 6.15. The zero-order valence-electron chi connectivity index (χ0n) is 15.4. The number of thioether (sulfide) groups is 1. The number of methoxy groups -OCH3 is 2. The van der Waals surface area contributed by atoms with Crippen LogP contribution in [0, 0.1) is 13.8 Å². The number of aryl methyl sites for hydroxylation is 2. The van der Waals surface area contributed by atoms with Gasteiger partial charge in [0.05, 0.1) is 19.9 Å². The van der Waals surface area contributed by atoms with Crippen LogP contribution < -0.4 is 15.0 Å². The molecule has 0 saturated heterocycles. The van der Waals surface area contributed by atoms with E-state index in [9.17, 15) is 4.79 Å². The van der Waals surface area contributed by atoms with Crippen LogP contribution in [0.1, 0.15) is 22.4 Å². The number of nitrogens with zero attached hydrogens (tertiary/aromatic N) is 2. The zero-order chi connectivity index (χ0) is 18.7. The second-order valence-corrected chi connectivity index (χ2v) is 7.13. The summed E-state index contributed by atoms with van der Waals surface area (Å²) < 4.78 is 12.3. The number of rotatable bonds is 6. The van der Waals surface area contributed by atoms with Crippen molar-refractivity contribution in [2.45, 2.75) is 25.4 Å². The van der Waals surface area contributed by atoms with E-state index in [1.54, 1.807) is 36.4 Å². The minimum atomic E-state index is -0.0448. The molecule has 2 aromatic heterocycles. The maximum atomic E-state index is 12.3. The lowest BCUT2D eigenvalue weighted by Gasteiger charge is -2.12. The van der Waals surface area contributed by atoms with Crippen LogP contribution in [0.2, 0.25) is 0 Å². The average Bonchev–Trinajstić information content (AvgIpc) is 2.63. The normalized spacial score (nSPS) is 10.9. The molecule has 3 rings (SSSR count). The third-order valence-corrected chi connectivity index (χ3v) is 5.23. The topological polar surface area (TPSA) is 52.8 Å². The summed E-state index contributed by atoms with van der Waals surface area (Å²) in [6, 6.07) is 9.44. The van der Waals surface area contributed by atoms with E-state index >= 15 is 0 Å². The molecule has 6 heteroatoms. The molecule has 136 valence electrons. The number of fused-ring (bicyclic) bond motifs is 1. The van der Waals surface area contributed by atoms with Gasteiger partial charge in [-0.05, 0) is 48.7 Å². The van der Waals surface area contributed by atoms with Crippen molar-refractivity contribution < 1.29 is 9.47 Å². The maximum Gasteiger partial charge on any atom is 0.258 e. The highest BCUT2D eigenvalue weighted by molar-refractivity contribution is 7.97. The van der Waals surface area contributed by atoms with Gasteiger partial charge in [-0.2, -0.15) is 11.8 Å². The Morgan fingerprint density at radius 3 is 2.50 bits per heavy atom. The standard InChI is InChI=1S/C20H22N2O3S/c1-13-5-6-19-21-16(9-20(23)22(19)10-13)12-26-11-15-8-18(25-4)17(24-3)7-14(15)2/h5-10H,11-12H2,1-4H3. The van der Waals surface area contributed by atoms with Crippen molar-refractivity contribution in [3.8, 4) is 11.5 Å². The lowest BCUT2D eigenvalue weighted by molar-refractivity contribution is 0.354. The number of ether oxygens (including phenoxy) is 2. The van der Waals surface area contributed by atoms with E-state index in [1.807, 2.05) is 37.4 Å². The Morgan fingerprint density at radius 2 is 1.77 bits per heavy atom. The highest BCUT2D eigenvalue weighted by atomic mass is 32.2. The minimum Gasteiger partial charge on any atom is -0.493 e. The summed E-state index contributed by atoms with van der Waals surface area (Å²) in [5, 5.41) is 0. The van der Waals surface area contributed by atoms with Crippen molar-refractivity contribution in [2.75, 3.05) is 14.2 Å². The summed E-state index contributed by atoms with van der Waals surface area (Å²) in [7, 11) is 3.27. The van der Waals surface area contributed by atoms with Crippen LogP contribution in [-0.4, -0.2) is 23.6 Å². The van der Waals surface area contributed by atoms with Gasteiger partial charge < -0.3 is 9.47 Å². The largest absolute Gasteiger partial charge is 0.493 e. The summed E-state index contributed by atoms with van der Waals surface area (Å²) in [5.41, 5.74) is 4.80. The van der Waals surface area contributed by atoms with Gasteiger partial charge in [0, 0.05) is 23.8 Å². The summed E-state index contributed by atoms with van der Waals surface area (Å²) in [6.45, 7) is 4.02. The highest BCUT2D eigenvalue weighted by Crippen LogP contribution is 2.32. The lowest BCUT2D eigenvalue weighted by Crippen LogP contribution is -2.15. The second kappa shape index (κ2) is 7.83. The van der Waals surface area contributed by atoms with E-state index in [1.165, 1.54) is 5.56 Å². The van der Waals surface area contributed by atoms with Gasteiger partial charge in [0.15, 0.2) is 11.5 Å². The summed E-state index contributed by atoms with van der Waals surface area (Å²) in [6.07, 6.45) is 1.81. The number of pyridine rings is 1. The fourth-order valence-electron chi connectivity index (χ4n) is 2.78. The molecule has 0 aliphatic heterocycles. The molecule has 3 aromatic rings. The Morgan fingerprint density at radius 1 is 1.04 bits per heavy atom. The van der Waals surface area contributed by atoms with Crippen molar-refractivity contribution in [3.63, 3.8) is 0 Å². The van der Waals surface area contributed by atoms with Gasteiger partial charge in [0.25, 0.3) is 5.56 Å². The predicted molar refractivity (Wildman–Crippen MR) is 105 cm³/mol. The Kier molecular flexibility index (Phi) is 5.52. The van der Waals surface area contributed by atoms with E-state index in [4.69, 9.17) is 9.47 Å². The Hall–Kier alpha value is -2.47. The lowest BCUT2D eigenvalue weighted by atomic mass is 10.1. The van der Waals surface area contributed by atoms with Gasteiger partial charge in [-0.3, -0.25) is 9.20 Å². The van der Waals surface area contributed by atoms with Crippen LogP contribution >= 0.6 is 11.8 Å². The summed E-state index contributed by atoms with van der Waals surface area (Å²) in [4.78, 5) is 16.9. The first-order valence-corrected chi connectivity index (χ1v) is 9.45. The van der Waals surface area contributed by atoms with Crippen LogP contribution in [0.4, 0.5) is 0 Å². The van der Waals surface area contributed by atoms with Crippen molar-refractivity contribution in [1.82, 2.24) is 9.38 Å². The van der Waals surface area contributed by atoms with Crippen molar-refractivity contribution >= 4 is 17.4 Å². The number of hydrogen-bond donors (Lipinski definition) is 0. The summed E-state index contributed by atoms with van der Waals surface area (Å²) in [5.74, 6) is 2.94. The molecule has 0 N–H and O–H groups in total. The van der Waals surface area contributed by atoms with Gasteiger partial charge in [-0.1, -0.05) is 6.07 Å². The first-order chi connectivity index (χ1) is 12.5. The first kappa shape index (κ1) is 18.3. The SMILES string of the molecule is COc1cc(C)c(CSCc2cc(=O)n3cc(C)ccc3n2)cc1OC. The van der Waals surface area contributed by atoms with Gasteiger partial charge in [0.2, 0.25) is 0 Å². The maximum absolute atomic E-state index is 12.3. The van der Waals surface area contributed by atoms with Gasteiger partial charge >= 0.3 is 0 Å². The molecule has 1 aromatic carbocycles. The molecule has 0 fully saturated rings. The molecular weight excluding hydrogens is 348 g/mol. The zero-order valence-corrected chi connectivity index (χ0v) is 16.2. The monoisotopic (exact) mass is 370 g/mol. The van der Waals surface area contributed by atoms with E-state index in [-0.39, 0.29) is 5.56 Å². The van der Waals surface area contributed by atoms with E-state index in [0.717, 1.165) is 34.1 Å². The van der Waals surface area contributed by atoms with Gasteiger partial charge in [-0.15, -0.1) is 0 Å². The minimum absolute atomic E-state index is 0.0448. The molecule has 0 aliphatic carbocycles. The third-order valence-electron chi connectivity index (χ3n) is 4.21. The predicted octanol–water partition coefficient (Wildman–Crippen LogP) is 3.76. The number of aromatic nitrogens is 2. The molecular formula is C20H22N2O3S. The molecule has 0 unspecified atom stereocenters. The highest BCUT2D eigenvalue weighted by Gasteiger charge is 2.09. The molecule has 0 bridgehead atoms. The van der Waals surface area contributed by atoms with Gasteiger partial charge in [-0.25, -0.2) is 4.98 Å². The van der Waals surface area contributed by atoms with Gasteiger partial charge in [0.1, 0.15) is 5.65 Å². The van der Waals surface area contributed by atoms with Crippen LogP contribution in [0.25, 0.3) is 5.65 Å². The molecule has 0 saturated carbocycles. The smallest absolute Gasteiger partial charge is 0.258 e.